The van der Waals surface area contributed by atoms with Crippen LogP contribution in [0.3, 0.4) is 0 Å². The molecule has 1 aliphatic heterocycles. The number of amides is 2. The molecule has 4 aliphatic rings. The van der Waals surface area contributed by atoms with Gasteiger partial charge in [-0.15, -0.1) is 0 Å². The Morgan fingerprint density at radius 3 is 2.04 bits per heavy atom. The fourth-order valence-corrected chi connectivity index (χ4v) is 5.62. The van der Waals surface area contributed by atoms with E-state index in [-0.39, 0.29) is 35.5 Å². The van der Waals surface area contributed by atoms with Gasteiger partial charge in [0.05, 0.1) is 30.2 Å². The van der Waals surface area contributed by atoms with Crippen LogP contribution in [0.2, 0.25) is 0 Å². The molecule has 0 radical (unpaired) electrons. The van der Waals surface area contributed by atoms with Crippen LogP contribution in [0.25, 0.3) is 0 Å². The molecule has 2 amide bonds. The smallest absolute Gasteiger partial charge is 0.337 e. The van der Waals surface area contributed by atoms with Crippen molar-refractivity contribution >= 4 is 23.5 Å². The van der Waals surface area contributed by atoms with E-state index < -0.39 is 5.97 Å². The SMILES string of the molecule is COC(=O)c1ccc(N2C(=O)[C@@H]3[C@H](C2=O)[C@H]2C=C[C@H]3C2=C2CCCCC2)cc1. The van der Waals surface area contributed by atoms with Gasteiger partial charge in [0.15, 0.2) is 0 Å². The van der Waals surface area contributed by atoms with E-state index in [9.17, 15) is 14.4 Å². The second-order valence-corrected chi connectivity index (χ2v) is 8.16. The molecule has 0 unspecified atom stereocenters. The molecule has 2 saturated carbocycles. The summed E-state index contributed by atoms with van der Waals surface area (Å²) in [6, 6.07) is 6.49. The standard InChI is InChI=1S/C23H23NO4/c1-28-23(27)14-7-9-15(10-8-14)24-21(25)19-16-11-12-17(20(19)22(24)26)18(16)13-5-3-2-4-6-13/h7-12,16-17,19-20H,2-6H2,1H3/t16-,17-,19-,20+/m0/s1. The third kappa shape index (κ3) is 2.35. The summed E-state index contributed by atoms with van der Waals surface area (Å²) in [5.74, 6) is -1.02. The molecule has 3 aliphatic carbocycles. The second kappa shape index (κ2) is 6.43. The van der Waals surface area contributed by atoms with E-state index in [1.807, 2.05) is 0 Å². The third-order valence-corrected chi connectivity index (χ3v) is 6.83. The Bertz CT molecular complexity index is 884. The number of hydrogen-bond acceptors (Lipinski definition) is 4. The van der Waals surface area contributed by atoms with Gasteiger partial charge in [0.25, 0.3) is 0 Å². The van der Waals surface area contributed by atoms with Crippen molar-refractivity contribution in [3.8, 4) is 0 Å². The van der Waals surface area contributed by atoms with Gasteiger partial charge < -0.3 is 4.74 Å². The zero-order valence-electron chi connectivity index (χ0n) is 15.9. The Morgan fingerprint density at radius 1 is 0.929 bits per heavy atom. The number of imide groups is 1. The lowest BCUT2D eigenvalue weighted by Crippen LogP contribution is -2.33. The Hall–Kier alpha value is -2.69. The Labute approximate surface area is 164 Å². The number of hydrogen-bond donors (Lipinski definition) is 0. The van der Waals surface area contributed by atoms with Gasteiger partial charge in [0, 0.05) is 11.8 Å². The minimum atomic E-state index is -0.437. The van der Waals surface area contributed by atoms with Crippen LogP contribution in [0, 0.1) is 23.7 Å². The first-order valence-corrected chi connectivity index (χ1v) is 10.1. The fraction of sp³-hybridized carbons (Fsp3) is 0.435. The molecule has 144 valence electrons. The number of allylic oxidation sites excluding steroid dienone is 4. The van der Waals surface area contributed by atoms with Crippen molar-refractivity contribution in [3.05, 3.63) is 53.1 Å². The molecule has 5 heteroatoms. The van der Waals surface area contributed by atoms with Crippen LogP contribution in [0.1, 0.15) is 42.5 Å². The highest BCUT2D eigenvalue weighted by Crippen LogP contribution is 2.58. The maximum absolute atomic E-state index is 13.2. The summed E-state index contributed by atoms with van der Waals surface area (Å²) in [6.45, 7) is 0. The monoisotopic (exact) mass is 377 g/mol. The molecule has 1 saturated heterocycles. The molecule has 4 atom stereocenters. The van der Waals surface area contributed by atoms with Crippen LogP contribution in [0.4, 0.5) is 5.69 Å². The average Bonchev–Trinajstić information content (AvgIpc) is 3.38. The molecule has 5 rings (SSSR count). The Balaban J connectivity index is 1.46. The summed E-state index contributed by atoms with van der Waals surface area (Å²) < 4.78 is 4.71. The van der Waals surface area contributed by atoms with Crippen LogP contribution < -0.4 is 4.90 Å². The van der Waals surface area contributed by atoms with Crippen LogP contribution >= 0.6 is 0 Å². The van der Waals surface area contributed by atoms with Crippen LogP contribution in [0.15, 0.2) is 47.6 Å². The van der Waals surface area contributed by atoms with Crippen molar-refractivity contribution < 1.29 is 19.1 Å². The minimum absolute atomic E-state index is 0.0823. The Kier molecular flexibility index (Phi) is 4.00. The molecule has 0 aromatic heterocycles. The van der Waals surface area contributed by atoms with Crippen LogP contribution in [-0.2, 0) is 14.3 Å². The predicted octanol–water partition coefficient (Wildman–Crippen LogP) is 3.66. The van der Waals surface area contributed by atoms with E-state index in [1.54, 1.807) is 24.3 Å². The third-order valence-electron chi connectivity index (χ3n) is 6.83. The molecular formula is C23H23NO4. The number of carbonyl (C=O) groups is 3. The fourth-order valence-electron chi connectivity index (χ4n) is 5.62. The molecule has 28 heavy (non-hydrogen) atoms. The lowest BCUT2D eigenvalue weighted by molar-refractivity contribution is -0.122. The van der Waals surface area contributed by atoms with Gasteiger partial charge in [0.1, 0.15) is 0 Å². The van der Waals surface area contributed by atoms with Gasteiger partial charge >= 0.3 is 5.97 Å². The number of anilines is 1. The summed E-state index contributed by atoms with van der Waals surface area (Å²) >= 11 is 0. The van der Waals surface area contributed by atoms with Crippen LogP contribution in [-0.4, -0.2) is 24.9 Å². The van der Waals surface area contributed by atoms with Gasteiger partial charge in [-0.1, -0.05) is 29.7 Å². The number of carbonyl (C=O) groups excluding carboxylic acids is 3. The van der Waals surface area contributed by atoms with E-state index in [0.29, 0.717) is 11.3 Å². The van der Waals surface area contributed by atoms with Crippen molar-refractivity contribution in [1.29, 1.82) is 0 Å². The van der Waals surface area contributed by atoms with Crippen molar-refractivity contribution in [3.63, 3.8) is 0 Å². The molecule has 2 bridgehead atoms. The van der Waals surface area contributed by atoms with Crippen molar-refractivity contribution in [2.24, 2.45) is 23.7 Å². The predicted molar refractivity (Wildman–Crippen MR) is 103 cm³/mol. The highest BCUT2D eigenvalue weighted by atomic mass is 16.5. The average molecular weight is 377 g/mol. The zero-order chi connectivity index (χ0) is 19.4. The van der Waals surface area contributed by atoms with Crippen molar-refractivity contribution in [2.45, 2.75) is 32.1 Å². The molecule has 3 fully saturated rings. The number of esters is 1. The largest absolute Gasteiger partial charge is 0.465 e. The zero-order valence-corrected chi connectivity index (χ0v) is 15.9. The summed E-state index contributed by atoms with van der Waals surface area (Å²) in [5, 5.41) is 0. The van der Waals surface area contributed by atoms with E-state index in [1.165, 1.54) is 42.4 Å². The summed E-state index contributed by atoms with van der Waals surface area (Å²) in [7, 11) is 1.33. The molecule has 1 aromatic rings. The van der Waals surface area contributed by atoms with Crippen molar-refractivity contribution in [1.82, 2.24) is 0 Å². The van der Waals surface area contributed by atoms with Gasteiger partial charge in [-0.2, -0.15) is 0 Å². The van der Waals surface area contributed by atoms with Crippen LogP contribution in [0.5, 0.6) is 0 Å². The molecule has 5 nitrogen and oxygen atoms in total. The maximum atomic E-state index is 13.2. The summed E-state index contributed by atoms with van der Waals surface area (Å²) in [5.41, 5.74) is 3.80. The van der Waals surface area contributed by atoms with Gasteiger partial charge in [0.2, 0.25) is 11.8 Å². The van der Waals surface area contributed by atoms with E-state index >= 15 is 0 Å². The van der Waals surface area contributed by atoms with Crippen molar-refractivity contribution in [2.75, 3.05) is 12.0 Å². The van der Waals surface area contributed by atoms with E-state index in [4.69, 9.17) is 4.74 Å². The minimum Gasteiger partial charge on any atom is -0.465 e. The summed E-state index contributed by atoms with van der Waals surface area (Å²) in [6.07, 6.45) is 10.2. The first-order valence-electron chi connectivity index (χ1n) is 10.1. The second-order valence-electron chi connectivity index (χ2n) is 8.16. The van der Waals surface area contributed by atoms with Gasteiger partial charge in [-0.25, -0.2) is 9.69 Å². The van der Waals surface area contributed by atoms with Gasteiger partial charge in [-0.05, 0) is 49.9 Å². The lowest BCUT2D eigenvalue weighted by Gasteiger charge is -2.23. The molecular weight excluding hydrogens is 354 g/mol. The quantitative estimate of drug-likeness (QED) is 0.448. The lowest BCUT2D eigenvalue weighted by atomic mass is 9.85. The number of nitrogens with zero attached hydrogens (tertiary/aromatic N) is 1. The molecule has 1 heterocycles. The number of benzene rings is 1. The molecule has 0 spiro atoms. The molecule has 1 aromatic carbocycles. The molecule has 0 N–H and O–H groups in total. The van der Waals surface area contributed by atoms with E-state index in [2.05, 4.69) is 12.2 Å². The topological polar surface area (TPSA) is 63.7 Å². The number of rotatable bonds is 2. The number of fused-ring (bicyclic) bond motifs is 5. The maximum Gasteiger partial charge on any atom is 0.337 e. The van der Waals surface area contributed by atoms with Gasteiger partial charge in [-0.3, -0.25) is 9.59 Å². The normalized spacial score (nSPS) is 31.0. The first-order chi connectivity index (χ1) is 13.6. The van der Waals surface area contributed by atoms with E-state index in [0.717, 1.165) is 12.8 Å². The first kappa shape index (κ1) is 17.4. The number of methoxy groups -OCH3 is 1. The highest BCUT2D eigenvalue weighted by Gasteiger charge is 2.62. The number of ether oxygens (including phenoxy) is 1. The highest BCUT2D eigenvalue weighted by molar-refractivity contribution is 6.23. The summed E-state index contributed by atoms with van der Waals surface area (Å²) in [4.78, 5) is 39.5. The Morgan fingerprint density at radius 2 is 1.50 bits per heavy atom.